The summed E-state index contributed by atoms with van der Waals surface area (Å²) in [6.45, 7) is 6.63. The Hall–Kier alpha value is 0.440. The fraction of sp³-hybridized carbons (Fsp3) is 1.00. The second kappa shape index (κ2) is 17.8. The number of quaternary nitrogens is 1. The van der Waals surface area contributed by atoms with Crippen molar-refractivity contribution in [2.75, 3.05) is 26.7 Å². The third-order valence-corrected chi connectivity index (χ3v) is 6.20. The molecule has 1 heterocycles. The third kappa shape index (κ3) is 15.2. The molecule has 0 bridgehead atoms. The zero-order chi connectivity index (χ0) is 17.3. The number of rotatable bonds is 17. The SMILES string of the molecule is CCCCCCCCCCCCCCCCCC[N+]1(C)CCCC1.[Br-]. The van der Waals surface area contributed by atoms with E-state index in [2.05, 4.69) is 14.0 Å². The van der Waals surface area contributed by atoms with Crippen LogP contribution in [0.5, 0.6) is 0 Å². The van der Waals surface area contributed by atoms with Crippen molar-refractivity contribution < 1.29 is 21.5 Å². The average Bonchev–Trinajstić information content (AvgIpc) is 3.01. The molecule has 0 aromatic carbocycles. The number of hydrogen-bond donors (Lipinski definition) is 0. The molecule has 0 aromatic heterocycles. The molecule has 0 radical (unpaired) electrons. The van der Waals surface area contributed by atoms with Crippen LogP contribution in [0.25, 0.3) is 0 Å². The first-order chi connectivity index (χ1) is 11.8. The van der Waals surface area contributed by atoms with Crippen LogP contribution in [0.2, 0.25) is 0 Å². The van der Waals surface area contributed by atoms with Crippen LogP contribution in [-0.4, -0.2) is 31.2 Å². The van der Waals surface area contributed by atoms with Crippen molar-refractivity contribution in [3.63, 3.8) is 0 Å². The second-order valence-corrected chi connectivity index (χ2v) is 8.80. The second-order valence-electron chi connectivity index (χ2n) is 8.80. The van der Waals surface area contributed by atoms with Crippen LogP contribution in [-0.2, 0) is 0 Å². The van der Waals surface area contributed by atoms with Crippen LogP contribution >= 0.6 is 0 Å². The molecule has 1 fully saturated rings. The summed E-state index contributed by atoms with van der Waals surface area (Å²) in [5.41, 5.74) is 0. The molecule has 0 aromatic rings. The summed E-state index contributed by atoms with van der Waals surface area (Å²) in [4.78, 5) is 0. The summed E-state index contributed by atoms with van der Waals surface area (Å²) in [5, 5.41) is 0. The van der Waals surface area contributed by atoms with E-state index in [0.717, 1.165) is 0 Å². The number of nitrogens with zero attached hydrogens (tertiary/aromatic N) is 1. The zero-order valence-corrected chi connectivity index (χ0v) is 19.3. The molecule has 0 aliphatic carbocycles. The van der Waals surface area contributed by atoms with E-state index < -0.39 is 0 Å². The van der Waals surface area contributed by atoms with E-state index in [1.807, 2.05) is 0 Å². The summed E-state index contributed by atoms with van der Waals surface area (Å²) < 4.78 is 1.37. The minimum atomic E-state index is 0. The van der Waals surface area contributed by atoms with Gasteiger partial charge >= 0.3 is 0 Å². The van der Waals surface area contributed by atoms with Crippen molar-refractivity contribution in [1.82, 2.24) is 0 Å². The highest BCUT2D eigenvalue weighted by atomic mass is 79.9. The number of hydrogen-bond acceptors (Lipinski definition) is 0. The summed E-state index contributed by atoms with van der Waals surface area (Å²) >= 11 is 0. The fourth-order valence-corrected chi connectivity index (χ4v) is 4.36. The van der Waals surface area contributed by atoms with Crippen LogP contribution in [0.3, 0.4) is 0 Å². The Kier molecular flexibility index (Phi) is 18.1. The Labute approximate surface area is 170 Å². The Morgan fingerprint density at radius 2 is 0.840 bits per heavy atom. The normalized spacial score (nSPS) is 16.1. The van der Waals surface area contributed by atoms with Crippen molar-refractivity contribution in [3.8, 4) is 0 Å². The van der Waals surface area contributed by atoms with Crippen molar-refractivity contribution in [1.29, 1.82) is 0 Å². The van der Waals surface area contributed by atoms with Crippen LogP contribution in [0.4, 0.5) is 0 Å². The Morgan fingerprint density at radius 3 is 1.20 bits per heavy atom. The maximum Gasteiger partial charge on any atom is 0.0786 e. The van der Waals surface area contributed by atoms with E-state index >= 15 is 0 Å². The molecule has 0 spiro atoms. The molecule has 2 heteroatoms. The van der Waals surface area contributed by atoms with Gasteiger partial charge in [0.05, 0.1) is 26.7 Å². The lowest BCUT2D eigenvalue weighted by molar-refractivity contribution is -0.897. The molecular weight excluding hydrogens is 370 g/mol. The van der Waals surface area contributed by atoms with Crippen molar-refractivity contribution >= 4 is 0 Å². The Bertz CT molecular complexity index is 261. The number of halogens is 1. The van der Waals surface area contributed by atoms with Gasteiger partial charge < -0.3 is 21.5 Å². The molecule has 1 saturated heterocycles. The van der Waals surface area contributed by atoms with Gasteiger partial charge in [0, 0.05) is 12.8 Å². The summed E-state index contributed by atoms with van der Waals surface area (Å²) in [6, 6.07) is 0. The van der Waals surface area contributed by atoms with Crippen LogP contribution in [0.15, 0.2) is 0 Å². The summed E-state index contributed by atoms with van der Waals surface area (Å²) in [7, 11) is 2.47. The van der Waals surface area contributed by atoms with Crippen molar-refractivity contribution in [2.45, 2.75) is 122 Å². The van der Waals surface area contributed by atoms with Gasteiger partial charge in [-0.25, -0.2) is 0 Å². The average molecular weight is 419 g/mol. The van der Waals surface area contributed by atoms with E-state index in [4.69, 9.17) is 0 Å². The molecule has 0 saturated carbocycles. The van der Waals surface area contributed by atoms with Gasteiger partial charge in [-0.1, -0.05) is 96.8 Å². The molecule has 1 rings (SSSR count). The predicted molar refractivity (Wildman–Crippen MR) is 110 cm³/mol. The fourth-order valence-electron chi connectivity index (χ4n) is 4.36. The molecular formula is C23H48BrN. The molecule has 0 amide bonds. The lowest BCUT2D eigenvalue weighted by Crippen LogP contribution is -3.00. The Morgan fingerprint density at radius 1 is 0.520 bits per heavy atom. The topological polar surface area (TPSA) is 0 Å². The van der Waals surface area contributed by atoms with Gasteiger partial charge in [-0.3, -0.25) is 0 Å². The first-order valence-corrected chi connectivity index (χ1v) is 11.6. The lowest BCUT2D eigenvalue weighted by atomic mass is 10.0. The highest BCUT2D eigenvalue weighted by molar-refractivity contribution is 4.53. The lowest BCUT2D eigenvalue weighted by Gasteiger charge is -2.29. The van der Waals surface area contributed by atoms with Gasteiger partial charge in [0.15, 0.2) is 0 Å². The summed E-state index contributed by atoms with van der Waals surface area (Å²) in [6.07, 6.45) is 26.5. The Balaban J connectivity index is 0.00000576. The molecule has 0 atom stereocenters. The highest BCUT2D eigenvalue weighted by Crippen LogP contribution is 2.18. The molecule has 25 heavy (non-hydrogen) atoms. The molecule has 1 aliphatic rings. The maximum absolute atomic E-state index is 2.47. The molecule has 0 unspecified atom stereocenters. The molecule has 152 valence electrons. The minimum absolute atomic E-state index is 0. The minimum Gasteiger partial charge on any atom is -1.00 e. The van der Waals surface area contributed by atoms with Crippen LogP contribution in [0, 0.1) is 0 Å². The molecule has 1 nitrogen and oxygen atoms in total. The van der Waals surface area contributed by atoms with Gasteiger partial charge in [-0.05, 0) is 12.8 Å². The van der Waals surface area contributed by atoms with Crippen LogP contribution in [0.1, 0.15) is 122 Å². The van der Waals surface area contributed by atoms with E-state index in [1.54, 1.807) is 0 Å². The van der Waals surface area contributed by atoms with E-state index in [-0.39, 0.29) is 17.0 Å². The first kappa shape index (κ1) is 25.4. The standard InChI is InChI=1S/C23H48N.BrH/c1-3-4-5-6-7-8-9-10-11-12-13-14-15-16-17-18-21-24(2)22-19-20-23-24;/h3-23H2,1-2H3;1H/q+1;/p-1. The van der Waals surface area contributed by atoms with E-state index in [0.29, 0.717) is 0 Å². The van der Waals surface area contributed by atoms with Crippen LogP contribution < -0.4 is 17.0 Å². The number of likely N-dealkylation sites (tertiary alicyclic amines) is 1. The maximum atomic E-state index is 2.47. The van der Waals surface area contributed by atoms with E-state index in [1.165, 1.54) is 140 Å². The van der Waals surface area contributed by atoms with Gasteiger partial charge in [0.1, 0.15) is 0 Å². The van der Waals surface area contributed by atoms with Gasteiger partial charge in [-0.15, -0.1) is 0 Å². The van der Waals surface area contributed by atoms with Gasteiger partial charge in [-0.2, -0.15) is 0 Å². The number of unbranched alkanes of at least 4 members (excludes halogenated alkanes) is 15. The molecule has 1 aliphatic heterocycles. The quantitative estimate of drug-likeness (QED) is 0.241. The monoisotopic (exact) mass is 417 g/mol. The van der Waals surface area contributed by atoms with Crippen molar-refractivity contribution in [3.05, 3.63) is 0 Å². The van der Waals surface area contributed by atoms with Gasteiger partial charge in [0.2, 0.25) is 0 Å². The zero-order valence-electron chi connectivity index (χ0n) is 17.7. The third-order valence-electron chi connectivity index (χ3n) is 6.20. The van der Waals surface area contributed by atoms with Crippen molar-refractivity contribution in [2.24, 2.45) is 0 Å². The summed E-state index contributed by atoms with van der Waals surface area (Å²) in [5.74, 6) is 0. The largest absolute Gasteiger partial charge is 1.00 e. The molecule has 0 N–H and O–H groups in total. The van der Waals surface area contributed by atoms with E-state index in [9.17, 15) is 0 Å². The smallest absolute Gasteiger partial charge is 0.0786 e. The predicted octanol–water partition coefficient (Wildman–Crippen LogP) is 4.49. The highest BCUT2D eigenvalue weighted by Gasteiger charge is 2.25. The first-order valence-electron chi connectivity index (χ1n) is 11.6. The van der Waals surface area contributed by atoms with Gasteiger partial charge in [0.25, 0.3) is 0 Å².